The van der Waals surface area contributed by atoms with E-state index in [9.17, 15) is 13.6 Å². The fourth-order valence-corrected chi connectivity index (χ4v) is 4.04. The summed E-state index contributed by atoms with van der Waals surface area (Å²) in [5, 5.41) is 16.7. The number of ether oxygens (including phenoxy) is 1. The lowest BCUT2D eigenvalue weighted by Crippen LogP contribution is -2.70. The number of aryl methyl sites for hydroxylation is 2. The Bertz CT molecular complexity index is 1430. The molecule has 0 radical (unpaired) electrons. The zero-order valence-electron chi connectivity index (χ0n) is 20.4. The normalized spacial score (nSPS) is 14.4. The fraction of sp³-hybridized carbons (Fsp3) is 0.292. The minimum Gasteiger partial charge on any atom is -0.365 e. The summed E-state index contributed by atoms with van der Waals surface area (Å²) in [5.74, 6) is 0.332. The van der Waals surface area contributed by atoms with Gasteiger partial charge in [0, 0.05) is 31.6 Å². The van der Waals surface area contributed by atoms with Gasteiger partial charge in [0.25, 0.3) is 5.91 Å². The topological polar surface area (TPSA) is 126 Å². The second-order valence-electron chi connectivity index (χ2n) is 8.89. The van der Waals surface area contributed by atoms with Gasteiger partial charge in [0.05, 0.1) is 25.5 Å². The van der Waals surface area contributed by atoms with Gasteiger partial charge in [0.2, 0.25) is 0 Å². The van der Waals surface area contributed by atoms with Crippen LogP contribution in [0.2, 0.25) is 0 Å². The number of nitrogens with zero attached hydrogens (tertiary/aromatic N) is 6. The van der Waals surface area contributed by atoms with Crippen LogP contribution in [0, 0.1) is 25.5 Å². The first kappa shape index (κ1) is 24.3. The summed E-state index contributed by atoms with van der Waals surface area (Å²) in [7, 11) is 1.45. The molecule has 37 heavy (non-hydrogen) atoms. The van der Waals surface area contributed by atoms with Crippen LogP contribution in [0.5, 0.6) is 0 Å². The van der Waals surface area contributed by atoms with Gasteiger partial charge in [-0.1, -0.05) is 6.07 Å². The Kier molecular flexibility index (Phi) is 6.29. The summed E-state index contributed by atoms with van der Waals surface area (Å²) in [6.45, 7) is 3.99. The molecule has 0 aromatic carbocycles. The van der Waals surface area contributed by atoms with Crippen molar-refractivity contribution in [2.45, 2.75) is 26.0 Å². The van der Waals surface area contributed by atoms with Gasteiger partial charge < -0.3 is 20.3 Å². The minimum absolute atomic E-state index is 0.130. The SMILES string of the molecule is COC1(C(=O)NCc2ccc(-n3cc(F)cn3)nc2)CN(c2nc(Nc3cc(C)[nH]n3)cc(C)c2F)C1. The molecule has 5 rings (SSSR count). The molecule has 1 saturated heterocycles. The standard InChI is InChI=1S/C24H25F2N9O2/c1-14-6-18(30-19-7-15(2)32-33-19)31-22(21(14)26)34-12-24(13-34,37-3)23(36)28-9-16-4-5-20(27-8-16)35-11-17(25)10-29-35/h4-8,10-11H,9,12-13H2,1-3H3,(H,28,36)(H2,30,31,32,33). The molecule has 13 heteroatoms. The Balaban J connectivity index is 1.23. The van der Waals surface area contributed by atoms with Crippen LogP contribution in [0.1, 0.15) is 16.8 Å². The van der Waals surface area contributed by atoms with Gasteiger partial charge in [-0.25, -0.2) is 23.4 Å². The van der Waals surface area contributed by atoms with E-state index in [0.29, 0.717) is 23.0 Å². The van der Waals surface area contributed by atoms with E-state index in [0.717, 1.165) is 17.5 Å². The van der Waals surface area contributed by atoms with Crippen molar-refractivity contribution >= 4 is 23.4 Å². The van der Waals surface area contributed by atoms with Crippen molar-refractivity contribution in [1.82, 2.24) is 35.3 Å². The minimum atomic E-state index is -1.15. The molecule has 192 valence electrons. The monoisotopic (exact) mass is 509 g/mol. The summed E-state index contributed by atoms with van der Waals surface area (Å²) in [6.07, 6.45) is 3.89. The van der Waals surface area contributed by atoms with Gasteiger partial charge in [-0.05, 0) is 37.1 Å². The second kappa shape index (κ2) is 9.58. The smallest absolute Gasteiger partial charge is 0.256 e. The zero-order valence-corrected chi connectivity index (χ0v) is 20.4. The molecule has 0 spiro atoms. The Morgan fingerprint density at radius 2 is 2.00 bits per heavy atom. The number of methoxy groups -OCH3 is 1. The molecule has 11 nitrogen and oxygen atoms in total. The van der Waals surface area contributed by atoms with Crippen molar-refractivity contribution in [3.05, 3.63) is 71.3 Å². The molecule has 3 N–H and O–H groups in total. The number of hydrogen-bond donors (Lipinski definition) is 3. The average molecular weight is 510 g/mol. The number of amides is 1. The highest BCUT2D eigenvalue weighted by atomic mass is 19.1. The second-order valence-corrected chi connectivity index (χ2v) is 8.89. The number of carbonyl (C=O) groups excluding carboxylic acids is 1. The van der Waals surface area contributed by atoms with Crippen LogP contribution in [0.4, 0.5) is 26.2 Å². The van der Waals surface area contributed by atoms with Crippen LogP contribution in [0.25, 0.3) is 5.82 Å². The molecule has 1 amide bonds. The van der Waals surface area contributed by atoms with Gasteiger partial charge in [-0.3, -0.25) is 9.89 Å². The van der Waals surface area contributed by atoms with Crippen molar-refractivity contribution in [2.75, 3.05) is 30.4 Å². The van der Waals surface area contributed by atoms with E-state index in [4.69, 9.17) is 4.74 Å². The molecule has 1 aliphatic rings. The van der Waals surface area contributed by atoms with Crippen LogP contribution in [0.3, 0.4) is 0 Å². The molecule has 0 aliphatic carbocycles. The van der Waals surface area contributed by atoms with Crippen molar-refractivity contribution < 1.29 is 18.3 Å². The molecule has 5 heterocycles. The number of aromatic amines is 1. The molecule has 0 atom stereocenters. The van der Waals surface area contributed by atoms with Crippen molar-refractivity contribution in [2.24, 2.45) is 0 Å². The summed E-state index contributed by atoms with van der Waals surface area (Å²) in [6, 6.07) is 6.84. The molecule has 4 aromatic rings. The predicted octanol–water partition coefficient (Wildman–Crippen LogP) is 2.55. The van der Waals surface area contributed by atoms with Gasteiger partial charge in [0.15, 0.2) is 34.7 Å². The van der Waals surface area contributed by atoms with E-state index in [1.54, 1.807) is 36.2 Å². The number of nitrogens with one attached hydrogen (secondary N) is 3. The highest BCUT2D eigenvalue weighted by Gasteiger charge is 2.51. The van der Waals surface area contributed by atoms with Crippen molar-refractivity contribution in [3.63, 3.8) is 0 Å². The third kappa shape index (κ3) is 4.85. The molecule has 4 aromatic heterocycles. The largest absolute Gasteiger partial charge is 0.365 e. The molecular formula is C24H25F2N9O2. The van der Waals surface area contributed by atoms with E-state index < -0.39 is 17.2 Å². The molecule has 0 saturated carbocycles. The molecule has 1 fully saturated rings. The number of carbonyl (C=O) groups is 1. The maximum Gasteiger partial charge on any atom is 0.256 e. The Morgan fingerprint density at radius 3 is 2.62 bits per heavy atom. The maximum absolute atomic E-state index is 14.9. The summed E-state index contributed by atoms with van der Waals surface area (Å²) in [4.78, 5) is 23.3. The number of halogens is 2. The number of H-pyrrole nitrogens is 1. The van der Waals surface area contributed by atoms with E-state index in [2.05, 4.69) is 35.9 Å². The van der Waals surface area contributed by atoms with E-state index in [1.807, 2.05) is 13.0 Å². The van der Waals surface area contributed by atoms with Gasteiger partial charge in [-0.2, -0.15) is 10.2 Å². The zero-order chi connectivity index (χ0) is 26.2. The maximum atomic E-state index is 14.9. The molecule has 0 bridgehead atoms. The lowest BCUT2D eigenvalue weighted by atomic mass is 9.92. The van der Waals surface area contributed by atoms with Gasteiger partial charge in [0.1, 0.15) is 5.82 Å². The molecule has 0 unspecified atom stereocenters. The number of rotatable bonds is 8. The van der Waals surface area contributed by atoms with Crippen LogP contribution >= 0.6 is 0 Å². The number of pyridine rings is 2. The number of hydrogen-bond acceptors (Lipinski definition) is 8. The highest BCUT2D eigenvalue weighted by molar-refractivity contribution is 5.89. The first-order chi connectivity index (χ1) is 17.8. The first-order valence-electron chi connectivity index (χ1n) is 11.5. The lowest BCUT2D eigenvalue weighted by Gasteiger charge is -2.48. The third-order valence-corrected chi connectivity index (χ3v) is 6.13. The van der Waals surface area contributed by atoms with Gasteiger partial charge >= 0.3 is 0 Å². The summed E-state index contributed by atoms with van der Waals surface area (Å²) < 4.78 is 35.0. The fourth-order valence-electron chi connectivity index (χ4n) is 4.04. The van der Waals surface area contributed by atoms with Crippen LogP contribution in [-0.2, 0) is 16.1 Å². The lowest BCUT2D eigenvalue weighted by molar-refractivity contribution is -0.146. The number of aromatic nitrogens is 6. The Labute approximate surface area is 210 Å². The Morgan fingerprint density at radius 1 is 1.19 bits per heavy atom. The average Bonchev–Trinajstić information content (AvgIpc) is 3.48. The van der Waals surface area contributed by atoms with Crippen LogP contribution in [-0.4, -0.2) is 61.7 Å². The highest BCUT2D eigenvalue weighted by Crippen LogP contribution is 2.33. The summed E-state index contributed by atoms with van der Waals surface area (Å²) in [5.41, 5.74) is 0.876. The predicted molar refractivity (Wildman–Crippen MR) is 131 cm³/mol. The first-order valence-corrected chi connectivity index (χ1v) is 11.5. The molecule has 1 aliphatic heterocycles. The van der Waals surface area contributed by atoms with Crippen molar-refractivity contribution in [3.8, 4) is 5.82 Å². The number of anilines is 3. The van der Waals surface area contributed by atoms with E-state index >= 15 is 0 Å². The van der Waals surface area contributed by atoms with E-state index in [-0.39, 0.29) is 31.4 Å². The third-order valence-electron chi connectivity index (χ3n) is 6.13. The van der Waals surface area contributed by atoms with Crippen LogP contribution in [0.15, 0.2) is 42.9 Å². The van der Waals surface area contributed by atoms with Crippen LogP contribution < -0.4 is 15.5 Å². The van der Waals surface area contributed by atoms with Gasteiger partial charge in [-0.15, -0.1) is 0 Å². The summed E-state index contributed by atoms with van der Waals surface area (Å²) >= 11 is 0. The Hall–Kier alpha value is -4.39. The quantitative estimate of drug-likeness (QED) is 0.331. The van der Waals surface area contributed by atoms with Crippen molar-refractivity contribution in [1.29, 1.82) is 0 Å². The molecular weight excluding hydrogens is 484 g/mol. The van der Waals surface area contributed by atoms with E-state index in [1.165, 1.54) is 18.0 Å².